The highest BCUT2D eigenvalue weighted by Gasteiger charge is 2.10. The summed E-state index contributed by atoms with van der Waals surface area (Å²) in [6, 6.07) is 3.17. The summed E-state index contributed by atoms with van der Waals surface area (Å²) in [6.07, 6.45) is 0.362. The average molecular weight is 208 g/mol. The fourth-order valence-corrected chi connectivity index (χ4v) is 1.33. The third-order valence-corrected chi connectivity index (χ3v) is 2.13. The zero-order valence-electron chi connectivity index (χ0n) is 8.40. The zero-order chi connectivity index (χ0) is 11.4. The molecule has 1 rings (SSSR count). The van der Waals surface area contributed by atoms with Crippen LogP contribution in [-0.2, 0) is 6.54 Å². The summed E-state index contributed by atoms with van der Waals surface area (Å²) in [6.45, 7) is 1.73. The van der Waals surface area contributed by atoms with E-state index in [1.165, 1.54) is 6.07 Å². The lowest BCUT2D eigenvalue weighted by atomic mass is 10.1. The van der Waals surface area contributed by atoms with Crippen molar-refractivity contribution >= 4 is 0 Å². The summed E-state index contributed by atoms with van der Waals surface area (Å²) < 4.78 is 1.09. The summed E-state index contributed by atoms with van der Waals surface area (Å²) in [5.74, 6) is -0.176. The first kappa shape index (κ1) is 11.3. The van der Waals surface area contributed by atoms with Gasteiger partial charge in [0.2, 0.25) is 0 Å². The predicted octanol–water partition coefficient (Wildman–Crippen LogP) is 0.116. The first-order valence-corrected chi connectivity index (χ1v) is 4.56. The van der Waals surface area contributed by atoms with Crippen LogP contribution in [0.4, 0.5) is 0 Å². The van der Waals surface area contributed by atoms with E-state index in [0.717, 1.165) is 4.57 Å². The normalized spacial score (nSPS) is 9.93. The van der Waals surface area contributed by atoms with Gasteiger partial charge in [0.1, 0.15) is 11.6 Å². The van der Waals surface area contributed by atoms with Gasteiger partial charge in [-0.3, -0.25) is 9.36 Å². The number of aryl methyl sites for hydroxylation is 1. The quantitative estimate of drug-likeness (QED) is 0.738. The minimum absolute atomic E-state index is 0.0331. The highest BCUT2D eigenvalue weighted by Crippen LogP contribution is 2.11. The maximum atomic E-state index is 11.6. The summed E-state index contributed by atoms with van der Waals surface area (Å²) in [5, 5.41) is 26.9. The molecule has 1 aromatic heterocycles. The van der Waals surface area contributed by atoms with E-state index in [9.17, 15) is 9.90 Å². The number of rotatable bonds is 3. The Morgan fingerprint density at radius 3 is 2.80 bits per heavy atom. The molecule has 0 atom stereocenters. The molecule has 80 valence electrons. The number of aliphatic hydroxyl groups is 1. The van der Waals surface area contributed by atoms with Crippen molar-refractivity contribution in [1.29, 1.82) is 5.26 Å². The van der Waals surface area contributed by atoms with Gasteiger partial charge in [-0.25, -0.2) is 0 Å². The third-order valence-electron chi connectivity index (χ3n) is 2.13. The van der Waals surface area contributed by atoms with Gasteiger partial charge in [0, 0.05) is 19.2 Å². The molecule has 5 heteroatoms. The number of nitrogens with zero attached hydrogens (tertiary/aromatic N) is 2. The van der Waals surface area contributed by atoms with Crippen LogP contribution in [0.3, 0.4) is 0 Å². The van der Waals surface area contributed by atoms with Crippen molar-refractivity contribution in [3.8, 4) is 11.9 Å². The first-order chi connectivity index (χ1) is 7.11. The van der Waals surface area contributed by atoms with Crippen LogP contribution in [0.1, 0.15) is 17.5 Å². The van der Waals surface area contributed by atoms with Crippen molar-refractivity contribution in [2.45, 2.75) is 19.9 Å². The van der Waals surface area contributed by atoms with Gasteiger partial charge in [0.15, 0.2) is 5.88 Å². The molecule has 0 amide bonds. The average Bonchev–Trinajstić information content (AvgIpc) is 2.17. The maximum absolute atomic E-state index is 11.6. The van der Waals surface area contributed by atoms with Crippen LogP contribution in [0.15, 0.2) is 10.9 Å². The molecule has 0 saturated heterocycles. The highest BCUT2D eigenvalue weighted by molar-refractivity contribution is 5.37. The molecule has 2 N–H and O–H groups in total. The molecule has 0 spiro atoms. The number of pyridine rings is 1. The molecule has 0 saturated carbocycles. The molecule has 0 aliphatic heterocycles. The Kier molecular flexibility index (Phi) is 3.47. The molecular formula is C10H12N2O3. The molecule has 0 unspecified atom stereocenters. The lowest BCUT2D eigenvalue weighted by Crippen LogP contribution is -2.24. The van der Waals surface area contributed by atoms with Crippen LogP contribution >= 0.6 is 0 Å². The van der Waals surface area contributed by atoms with Gasteiger partial charge in [-0.1, -0.05) is 0 Å². The smallest absolute Gasteiger partial charge is 0.271 e. The zero-order valence-corrected chi connectivity index (χ0v) is 8.40. The second-order valence-electron chi connectivity index (χ2n) is 3.21. The Hall–Kier alpha value is -1.80. The topological polar surface area (TPSA) is 86.2 Å². The fraction of sp³-hybridized carbons (Fsp3) is 0.400. The minimum atomic E-state index is -0.511. The van der Waals surface area contributed by atoms with Crippen LogP contribution in [0.5, 0.6) is 5.88 Å². The van der Waals surface area contributed by atoms with Gasteiger partial charge in [0.05, 0.1) is 0 Å². The van der Waals surface area contributed by atoms with Gasteiger partial charge >= 0.3 is 0 Å². The molecule has 0 bridgehead atoms. The minimum Gasteiger partial charge on any atom is -0.494 e. The fourth-order valence-electron chi connectivity index (χ4n) is 1.33. The van der Waals surface area contributed by atoms with E-state index in [1.807, 2.05) is 0 Å². The van der Waals surface area contributed by atoms with Gasteiger partial charge in [-0.05, 0) is 18.9 Å². The van der Waals surface area contributed by atoms with E-state index < -0.39 is 5.56 Å². The van der Waals surface area contributed by atoms with Crippen molar-refractivity contribution in [3.63, 3.8) is 0 Å². The Morgan fingerprint density at radius 2 is 2.27 bits per heavy atom. The summed E-state index contributed by atoms with van der Waals surface area (Å²) in [7, 11) is 0. The molecule has 0 aliphatic rings. The van der Waals surface area contributed by atoms with Gasteiger partial charge in [0.25, 0.3) is 5.56 Å². The van der Waals surface area contributed by atoms with E-state index in [4.69, 9.17) is 10.4 Å². The van der Waals surface area contributed by atoms with Crippen LogP contribution in [0.25, 0.3) is 0 Å². The lowest BCUT2D eigenvalue weighted by Gasteiger charge is -2.09. The van der Waals surface area contributed by atoms with Crippen LogP contribution in [-0.4, -0.2) is 21.4 Å². The monoisotopic (exact) mass is 208 g/mol. The Morgan fingerprint density at radius 1 is 1.60 bits per heavy atom. The van der Waals surface area contributed by atoms with E-state index in [2.05, 4.69) is 0 Å². The molecule has 1 aromatic rings. The lowest BCUT2D eigenvalue weighted by molar-refractivity contribution is 0.274. The van der Waals surface area contributed by atoms with E-state index in [-0.39, 0.29) is 24.6 Å². The molecule has 0 radical (unpaired) electrons. The maximum Gasteiger partial charge on any atom is 0.271 e. The van der Waals surface area contributed by atoms with Crippen molar-refractivity contribution in [1.82, 2.24) is 4.57 Å². The van der Waals surface area contributed by atoms with Crippen LogP contribution in [0.2, 0.25) is 0 Å². The number of aromatic nitrogens is 1. The van der Waals surface area contributed by atoms with Crippen LogP contribution < -0.4 is 5.56 Å². The first-order valence-electron chi connectivity index (χ1n) is 4.56. The van der Waals surface area contributed by atoms with Crippen LogP contribution in [0, 0.1) is 18.3 Å². The number of aromatic hydroxyl groups is 1. The Bertz CT molecular complexity index is 457. The third kappa shape index (κ3) is 2.17. The number of aliphatic hydroxyl groups excluding tert-OH is 1. The molecule has 0 aromatic carbocycles. The Balaban J connectivity index is 3.28. The van der Waals surface area contributed by atoms with E-state index >= 15 is 0 Å². The van der Waals surface area contributed by atoms with Gasteiger partial charge < -0.3 is 10.2 Å². The van der Waals surface area contributed by atoms with Gasteiger partial charge in [-0.15, -0.1) is 0 Å². The largest absolute Gasteiger partial charge is 0.494 e. The number of nitriles is 1. The SMILES string of the molecule is Cc1cc(O)n(CCCO)c(=O)c1C#N. The molecule has 0 aliphatic carbocycles. The Labute approximate surface area is 86.8 Å². The van der Waals surface area contributed by atoms with E-state index in [1.54, 1.807) is 13.0 Å². The van der Waals surface area contributed by atoms with Gasteiger partial charge in [-0.2, -0.15) is 5.26 Å². The summed E-state index contributed by atoms with van der Waals surface area (Å²) >= 11 is 0. The second kappa shape index (κ2) is 4.62. The summed E-state index contributed by atoms with van der Waals surface area (Å²) in [4.78, 5) is 11.6. The number of hydrogen-bond donors (Lipinski definition) is 2. The van der Waals surface area contributed by atoms with Crippen molar-refractivity contribution < 1.29 is 10.2 Å². The van der Waals surface area contributed by atoms with Crippen molar-refractivity contribution in [2.75, 3.05) is 6.61 Å². The molecule has 15 heavy (non-hydrogen) atoms. The predicted molar refractivity (Wildman–Crippen MR) is 53.5 cm³/mol. The standard InChI is InChI=1S/C10H12N2O3/c1-7-5-9(14)12(3-2-4-13)10(15)8(7)6-11/h5,13-14H,2-4H2,1H3. The molecular weight excluding hydrogens is 196 g/mol. The molecule has 0 fully saturated rings. The van der Waals surface area contributed by atoms with E-state index in [0.29, 0.717) is 12.0 Å². The number of hydrogen-bond acceptors (Lipinski definition) is 4. The van der Waals surface area contributed by atoms with Crippen molar-refractivity contribution in [2.24, 2.45) is 0 Å². The summed E-state index contributed by atoms with van der Waals surface area (Å²) in [5.41, 5.74) is -0.0190. The molecule has 1 heterocycles. The molecule has 5 nitrogen and oxygen atoms in total. The van der Waals surface area contributed by atoms with Crippen molar-refractivity contribution in [3.05, 3.63) is 27.5 Å². The second-order valence-corrected chi connectivity index (χ2v) is 3.21. The highest BCUT2D eigenvalue weighted by atomic mass is 16.3.